The molecule has 10 aliphatic rings. The first kappa shape index (κ1) is 62.2. The molecule has 2 spiro atoms. The predicted molar refractivity (Wildman–Crippen MR) is 283 cm³/mol. The van der Waals surface area contributed by atoms with Crippen molar-refractivity contribution in [2.45, 2.75) is 181 Å². The van der Waals surface area contributed by atoms with Crippen molar-refractivity contribution in [1.82, 2.24) is 0 Å². The molecule has 0 aromatic carbocycles. The Balaban J connectivity index is 0.000000200. The van der Waals surface area contributed by atoms with Gasteiger partial charge in [0.05, 0.1) is 63.5 Å². The van der Waals surface area contributed by atoms with Crippen molar-refractivity contribution in [2.24, 2.45) is 80.8 Å². The Bertz CT molecular complexity index is 2850. The van der Waals surface area contributed by atoms with Crippen LogP contribution in [0.5, 0.6) is 0 Å². The van der Waals surface area contributed by atoms with E-state index in [1.807, 2.05) is 27.7 Å². The molecule has 8 fully saturated rings. The normalized spacial score (nSPS) is 42.8. The maximum Gasteiger partial charge on any atom is 0.348 e. The summed E-state index contributed by atoms with van der Waals surface area (Å²) in [4.78, 5) is 107. The zero-order valence-corrected chi connectivity index (χ0v) is 49.6. The molecule has 23 nitrogen and oxygen atoms in total. The van der Waals surface area contributed by atoms with Gasteiger partial charge in [0.1, 0.15) is 24.4 Å². The molecule has 0 aromatic rings. The first-order valence-electron chi connectivity index (χ1n) is 28.8. The number of aliphatic hydroxyl groups is 7. The first-order chi connectivity index (χ1) is 38.5. The van der Waals surface area contributed by atoms with Crippen molar-refractivity contribution in [3.63, 3.8) is 0 Å². The largest absolute Gasteiger partial charge is 0.504 e. The Hall–Kier alpha value is -5.30. The van der Waals surface area contributed by atoms with Gasteiger partial charge in [0, 0.05) is 41.6 Å². The van der Waals surface area contributed by atoms with E-state index in [0.29, 0.717) is 11.1 Å². The summed E-state index contributed by atoms with van der Waals surface area (Å²) in [5.41, 5.74) is -9.13. The summed E-state index contributed by atoms with van der Waals surface area (Å²) in [5, 5.41) is 79.1. The van der Waals surface area contributed by atoms with E-state index in [1.165, 1.54) is 6.08 Å². The molecule has 6 aliphatic carbocycles. The number of rotatable bonds is 11. The molecule has 4 bridgehead atoms. The fraction of sp³-hybridized carbons (Fsp3) is 0.767. The molecule has 0 aromatic heterocycles. The number of Topliss-reactive ketones (excluding diaryl/α,β-unsaturated/α-hetero) is 2. The summed E-state index contributed by atoms with van der Waals surface area (Å²) in [7, 11) is 2.18. The number of hydrogen-bond acceptors (Lipinski definition) is 23. The summed E-state index contributed by atoms with van der Waals surface area (Å²) in [6.45, 7) is 21.1. The second-order valence-electron chi connectivity index (χ2n) is 27.1. The lowest BCUT2D eigenvalue weighted by molar-refractivity contribution is -0.291. The molecular weight excluding hydrogens is 1090 g/mol. The van der Waals surface area contributed by atoms with Crippen molar-refractivity contribution in [3.8, 4) is 0 Å². The van der Waals surface area contributed by atoms with Crippen molar-refractivity contribution in [1.29, 1.82) is 0 Å². The van der Waals surface area contributed by atoms with Gasteiger partial charge in [-0.25, -0.2) is 24.0 Å². The van der Waals surface area contributed by atoms with E-state index in [1.54, 1.807) is 55.4 Å². The van der Waals surface area contributed by atoms with E-state index in [0.717, 1.165) is 19.8 Å². The SMILES string of the molecule is COC(=O)[C@@]12OC[C@@]34C1[C@@H](OC(=O)C=C(C(C)C)C(C)C)C(=O)O[C@@H]3C[C@H]1C(C)=C(O)C(=O)C[C@]1(C)[C@H]4[C@@H](O)[C@@H]2O.COC(=O)[C@@]12OC[C@@]34C1[C@@H](OC(=O)CC(O)(C(C)C)C(C)C)C(=O)O[C@@H]3C[C@H]1C(C)=C(O)C(=O)C[C@]1(C)[C@H]4[C@@H](O)[C@@H]2O. The number of carbonyl (C=O) groups excluding carboxylic acids is 8. The Morgan fingerprint density at radius 1 is 0.627 bits per heavy atom. The van der Waals surface area contributed by atoms with Crippen LogP contribution in [0.2, 0.25) is 0 Å². The predicted octanol–water partition coefficient (Wildman–Crippen LogP) is 2.77. The Morgan fingerprint density at radius 3 is 1.35 bits per heavy atom. The Labute approximate surface area is 481 Å². The highest BCUT2D eigenvalue weighted by Gasteiger charge is 2.87. The van der Waals surface area contributed by atoms with Crippen LogP contribution >= 0.6 is 0 Å². The van der Waals surface area contributed by atoms with Crippen LogP contribution in [0, 0.1) is 80.8 Å². The topological polar surface area (TPSA) is 352 Å². The lowest BCUT2D eigenvalue weighted by Crippen LogP contribution is -2.79. The minimum atomic E-state index is -2.28. The number of hydrogen-bond donors (Lipinski definition) is 7. The van der Waals surface area contributed by atoms with Crippen LogP contribution in [0.4, 0.5) is 0 Å². The Kier molecular flexibility index (Phi) is 15.5. The molecule has 4 saturated carbocycles. The molecule has 4 aliphatic heterocycles. The number of methoxy groups -OCH3 is 2. The van der Waals surface area contributed by atoms with Crippen LogP contribution in [0.3, 0.4) is 0 Å². The fourth-order valence-corrected chi connectivity index (χ4v) is 18.5. The van der Waals surface area contributed by atoms with Gasteiger partial charge in [-0.3, -0.25) is 14.4 Å². The second-order valence-corrected chi connectivity index (χ2v) is 27.1. The lowest BCUT2D eigenvalue weighted by Gasteiger charge is -2.67. The fourth-order valence-electron chi connectivity index (χ4n) is 18.5. The molecule has 0 radical (unpaired) electrons. The van der Waals surface area contributed by atoms with Crippen LogP contribution in [0.25, 0.3) is 0 Å². The van der Waals surface area contributed by atoms with Crippen molar-refractivity contribution < 1.29 is 112 Å². The van der Waals surface area contributed by atoms with E-state index in [-0.39, 0.29) is 74.1 Å². The molecule has 460 valence electrons. The van der Waals surface area contributed by atoms with Crippen LogP contribution in [0.1, 0.15) is 115 Å². The van der Waals surface area contributed by atoms with Gasteiger partial charge in [0.2, 0.25) is 23.4 Å². The molecule has 4 heterocycles. The highest BCUT2D eigenvalue weighted by atomic mass is 16.6. The van der Waals surface area contributed by atoms with Gasteiger partial charge >= 0.3 is 35.8 Å². The van der Waals surface area contributed by atoms with E-state index in [4.69, 9.17) is 37.9 Å². The molecule has 2 unspecified atom stereocenters. The highest BCUT2D eigenvalue weighted by Crippen LogP contribution is 2.75. The summed E-state index contributed by atoms with van der Waals surface area (Å²) in [5.74, 6) is -13.6. The quantitative estimate of drug-likeness (QED) is 0.0888. The van der Waals surface area contributed by atoms with Crippen molar-refractivity contribution in [3.05, 3.63) is 34.3 Å². The van der Waals surface area contributed by atoms with E-state index in [9.17, 15) is 74.1 Å². The first-order valence-corrected chi connectivity index (χ1v) is 28.8. The number of carbonyl (C=O) groups is 8. The third-order valence-corrected chi connectivity index (χ3v) is 22.2. The molecular formula is C60H82O23. The number of ketones is 2. The average Bonchev–Trinajstić information content (AvgIpc) is 1.95. The third-order valence-electron chi connectivity index (χ3n) is 22.2. The average molecular weight is 1170 g/mol. The van der Waals surface area contributed by atoms with E-state index in [2.05, 4.69) is 0 Å². The number of esters is 6. The third kappa shape index (κ3) is 8.25. The molecule has 4 saturated heterocycles. The van der Waals surface area contributed by atoms with Crippen molar-refractivity contribution >= 4 is 47.4 Å². The molecule has 10 rings (SSSR count). The maximum absolute atomic E-state index is 13.7. The maximum atomic E-state index is 13.7. The second kappa shape index (κ2) is 20.7. The lowest BCUT2D eigenvalue weighted by atomic mass is 9.38. The van der Waals surface area contributed by atoms with Crippen LogP contribution in [-0.4, -0.2) is 176 Å². The van der Waals surface area contributed by atoms with Gasteiger partial charge in [-0.1, -0.05) is 74.8 Å². The zero-order chi connectivity index (χ0) is 61.7. The minimum absolute atomic E-state index is 0.0209. The number of ether oxygens (including phenoxy) is 8. The molecule has 23 heteroatoms. The van der Waals surface area contributed by atoms with Gasteiger partial charge in [-0.15, -0.1) is 0 Å². The molecule has 7 N–H and O–H groups in total. The summed E-state index contributed by atoms with van der Waals surface area (Å²) < 4.78 is 45.8. The number of fused-ring (bicyclic) bond motifs is 4. The molecule has 83 heavy (non-hydrogen) atoms. The standard InChI is InChI=1S/C30H42O12.C30H40O11/c1-12(2)29(38,13(3)4)10-18(32)42-21-23-28-11-40-30(23,26(37)39-7)24(35)20(34)22(28)27(6)9-16(31)19(33)14(5)15(27)8-17(28)41-25(21)36;1-12(2)15(13(3)4)8-19(32)41-22-24-29-11-39-30(24,27(37)38-7)25(35)21(34)23(29)28(6)10-17(31)20(33)14(5)16(28)9-18(29)40-26(22)36/h12-13,15,17,20-24,33-35,38H,8-11H2,1-7H3;8,12-13,16,18,21-25,33-35H,9-11H2,1-7H3/t15-,17+,20+,21+,22+,23?,24-,27-,28+,30+;16-,18+,21+,22+,23+,24?,25-,28-,29+,30+/m00/s1. The number of allylic oxidation sites excluding steroid dienone is 5. The van der Waals surface area contributed by atoms with Gasteiger partial charge in [-0.2, -0.15) is 0 Å². The van der Waals surface area contributed by atoms with E-state index >= 15 is 0 Å². The van der Waals surface area contributed by atoms with Crippen LogP contribution in [0.15, 0.2) is 34.3 Å². The minimum Gasteiger partial charge on any atom is -0.504 e. The Morgan fingerprint density at radius 2 is 1.00 bits per heavy atom. The zero-order valence-electron chi connectivity index (χ0n) is 49.6. The van der Waals surface area contributed by atoms with Gasteiger partial charge < -0.3 is 73.6 Å². The van der Waals surface area contributed by atoms with Crippen LogP contribution < -0.4 is 0 Å². The summed E-state index contributed by atoms with van der Waals surface area (Å²) >= 11 is 0. The monoisotopic (exact) mass is 1170 g/mol. The smallest absolute Gasteiger partial charge is 0.348 e. The van der Waals surface area contributed by atoms with Crippen molar-refractivity contribution in [2.75, 3.05) is 27.4 Å². The van der Waals surface area contributed by atoms with Gasteiger partial charge in [0.15, 0.2) is 23.1 Å². The van der Waals surface area contributed by atoms with Gasteiger partial charge in [0.25, 0.3) is 0 Å². The molecule has 0 amide bonds. The van der Waals surface area contributed by atoms with Crippen LogP contribution in [-0.2, 0) is 76.3 Å². The summed E-state index contributed by atoms with van der Waals surface area (Å²) in [6.07, 6.45) is -11.4. The van der Waals surface area contributed by atoms with Gasteiger partial charge in [-0.05, 0) is 84.2 Å². The molecule has 20 atom stereocenters. The number of aliphatic hydroxyl groups excluding tert-OH is 6. The summed E-state index contributed by atoms with van der Waals surface area (Å²) in [6, 6.07) is 0. The highest BCUT2D eigenvalue weighted by molar-refractivity contribution is 5.97. The van der Waals surface area contributed by atoms with E-state index < -0.39 is 177 Å².